The minimum atomic E-state index is -0.0258. The van der Waals surface area contributed by atoms with Gasteiger partial charge in [0.25, 0.3) is 0 Å². The number of benzene rings is 1. The molecule has 0 atom stereocenters. The van der Waals surface area contributed by atoms with E-state index in [0.29, 0.717) is 0 Å². The number of nitrogens with one attached hydrogen (secondary N) is 1. The van der Waals surface area contributed by atoms with Gasteiger partial charge in [-0.05, 0) is 44.1 Å². The minimum absolute atomic E-state index is 0.0258. The zero-order valence-corrected chi connectivity index (χ0v) is 15.4. The summed E-state index contributed by atoms with van der Waals surface area (Å²) in [6.07, 6.45) is 2.18. The maximum atomic E-state index is 11.7. The van der Waals surface area contributed by atoms with Gasteiger partial charge in [0.05, 0.1) is 10.2 Å². The van der Waals surface area contributed by atoms with E-state index in [9.17, 15) is 4.79 Å². The van der Waals surface area contributed by atoms with Crippen molar-refractivity contribution < 1.29 is 4.79 Å². The van der Waals surface area contributed by atoms with Crippen molar-refractivity contribution in [1.29, 1.82) is 0 Å². The first-order valence-corrected chi connectivity index (χ1v) is 9.71. The molecule has 0 unspecified atom stereocenters. The number of anilines is 1. The number of amides is 1. The molecule has 4 rings (SSSR count). The van der Waals surface area contributed by atoms with Crippen LogP contribution in [0.3, 0.4) is 0 Å². The number of fused-ring (bicyclic) bond motifs is 2. The highest BCUT2D eigenvalue weighted by Crippen LogP contribution is 2.45. The van der Waals surface area contributed by atoms with E-state index < -0.39 is 0 Å². The Morgan fingerprint density at radius 1 is 1.29 bits per heavy atom. The van der Waals surface area contributed by atoms with Crippen molar-refractivity contribution in [3.8, 4) is 10.6 Å². The molecule has 1 aliphatic rings. The van der Waals surface area contributed by atoms with E-state index >= 15 is 0 Å². The summed E-state index contributed by atoms with van der Waals surface area (Å²) < 4.78 is 1.19. The Kier molecular flexibility index (Phi) is 4.12. The van der Waals surface area contributed by atoms with Crippen LogP contribution in [0.1, 0.15) is 23.8 Å². The van der Waals surface area contributed by atoms with E-state index in [2.05, 4.69) is 23.3 Å². The summed E-state index contributed by atoms with van der Waals surface area (Å²) in [4.78, 5) is 20.2. The number of thiazole rings is 1. The van der Waals surface area contributed by atoms with Crippen molar-refractivity contribution in [2.24, 2.45) is 0 Å². The zero-order valence-electron chi connectivity index (χ0n) is 13.8. The number of hydrogen-bond donors (Lipinski definition) is 1. The molecule has 1 amide bonds. The molecule has 6 heteroatoms. The second kappa shape index (κ2) is 6.27. The predicted molar refractivity (Wildman–Crippen MR) is 102 cm³/mol. The van der Waals surface area contributed by atoms with Gasteiger partial charge < -0.3 is 10.2 Å². The molecule has 24 heavy (non-hydrogen) atoms. The van der Waals surface area contributed by atoms with Gasteiger partial charge in [-0.15, -0.1) is 22.7 Å². The number of nitrogens with zero attached hydrogens (tertiary/aromatic N) is 2. The highest BCUT2D eigenvalue weighted by atomic mass is 32.1. The van der Waals surface area contributed by atoms with Crippen molar-refractivity contribution in [3.63, 3.8) is 0 Å². The van der Waals surface area contributed by atoms with E-state index in [-0.39, 0.29) is 5.91 Å². The lowest BCUT2D eigenvalue weighted by atomic mass is 10.1. The number of rotatable bonds is 2. The number of carbonyl (C=O) groups excluding carboxylic acids is 1. The van der Waals surface area contributed by atoms with Crippen LogP contribution in [0, 0.1) is 0 Å². The monoisotopic (exact) mass is 357 g/mol. The van der Waals surface area contributed by atoms with E-state index in [0.717, 1.165) is 47.0 Å². The van der Waals surface area contributed by atoms with Gasteiger partial charge in [0, 0.05) is 23.9 Å². The zero-order chi connectivity index (χ0) is 16.7. The standard InChI is InChI=1S/C18H19N3OS2/c1-11(22)19-17-16(12-6-5-9-21(2)10-15(12)24-17)18-20-13-7-3-4-8-14(13)23-18/h3-4,7-8H,5-6,9-10H2,1-2H3,(H,19,22). The molecule has 1 aliphatic heterocycles. The highest BCUT2D eigenvalue weighted by Gasteiger charge is 2.25. The molecule has 3 aromatic rings. The third kappa shape index (κ3) is 2.85. The molecule has 4 nitrogen and oxygen atoms in total. The van der Waals surface area contributed by atoms with Crippen molar-refractivity contribution in [2.45, 2.75) is 26.3 Å². The Bertz CT molecular complexity index is 879. The van der Waals surface area contributed by atoms with Crippen molar-refractivity contribution >= 4 is 43.8 Å². The molecule has 1 N–H and O–H groups in total. The average Bonchev–Trinajstić information content (AvgIpc) is 3.03. The number of aromatic nitrogens is 1. The highest BCUT2D eigenvalue weighted by molar-refractivity contribution is 7.22. The summed E-state index contributed by atoms with van der Waals surface area (Å²) >= 11 is 3.41. The van der Waals surface area contributed by atoms with Crippen LogP contribution in [0.4, 0.5) is 5.00 Å². The lowest BCUT2D eigenvalue weighted by Crippen LogP contribution is -2.16. The molecule has 0 fully saturated rings. The summed E-state index contributed by atoms with van der Waals surface area (Å²) in [7, 11) is 2.16. The van der Waals surface area contributed by atoms with Gasteiger partial charge in [0.1, 0.15) is 10.0 Å². The van der Waals surface area contributed by atoms with Gasteiger partial charge in [0.2, 0.25) is 5.91 Å². The van der Waals surface area contributed by atoms with Gasteiger partial charge in [-0.25, -0.2) is 4.98 Å². The lowest BCUT2D eigenvalue weighted by Gasteiger charge is -2.11. The molecule has 124 valence electrons. The fourth-order valence-corrected chi connectivity index (χ4v) is 5.69. The van der Waals surface area contributed by atoms with Crippen LogP contribution in [0.15, 0.2) is 24.3 Å². The number of carbonyl (C=O) groups is 1. The fourth-order valence-electron chi connectivity index (χ4n) is 3.21. The molecule has 0 bridgehead atoms. The number of thiophene rings is 1. The first-order valence-electron chi connectivity index (χ1n) is 8.08. The first-order chi connectivity index (χ1) is 11.6. The van der Waals surface area contributed by atoms with Crippen LogP contribution in [-0.4, -0.2) is 29.4 Å². The molecule has 0 aliphatic carbocycles. The largest absolute Gasteiger partial charge is 0.317 e. The van der Waals surface area contributed by atoms with Crippen molar-refractivity contribution in [1.82, 2.24) is 9.88 Å². The van der Waals surface area contributed by atoms with Crippen LogP contribution in [-0.2, 0) is 17.8 Å². The summed E-state index contributed by atoms with van der Waals surface area (Å²) in [5, 5.41) is 5.00. The van der Waals surface area contributed by atoms with Crippen molar-refractivity contribution in [3.05, 3.63) is 34.7 Å². The average molecular weight is 358 g/mol. The van der Waals surface area contributed by atoms with Crippen LogP contribution in [0.2, 0.25) is 0 Å². The number of para-hydroxylation sites is 1. The van der Waals surface area contributed by atoms with Gasteiger partial charge in [-0.2, -0.15) is 0 Å². The van der Waals surface area contributed by atoms with Crippen LogP contribution >= 0.6 is 22.7 Å². The Labute approximate surface area is 149 Å². The first kappa shape index (κ1) is 15.7. The Hall–Kier alpha value is -1.76. The summed E-state index contributed by atoms with van der Waals surface area (Å²) in [5.74, 6) is -0.0258. The topological polar surface area (TPSA) is 45.2 Å². The Morgan fingerprint density at radius 2 is 2.12 bits per heavy atom. The molecule has 3 heterocycles. The van der Waals surface area contributed by atoms with Gasteiger partial charge in [-0.3, -0.25) is 4.79 Å². The molecule has 0 radical (unpaired) electrons. The van der Waals surface area contributed by atoms with E-state index in [1.807, 2.05) is 18.2 Å². The van der Waals surface area contributed by atoms with E-state index in [4.69, 9.17) is 4.98 Å². The van der Waals surface area contributed by atoms with Crippen molar-refractivity contribution in [2.75, 3.05) is 18.9 Å². The second-order valence-corrected chi connectivity index (χ2v) is 8.35. The molecular weight excluding hydrogens is 338 g/mol. The minimum Gasteiger partial charge on any atom is -0.317 e. The fraction of sp³-hybridized carbons (Fsp3) is 0.333. The second-order valence-electron chi connectivity index (χ2n) is 6.22. The van der Waals surface area contributed by atoms with Crippen LogP contribution < -0.4 is 5.32 Å². The van der Waals surface area contributed by atoms with Gasteiger partial charge in [0.15, 0.2) is 0 Å². The normalized spacial score (nSPS) is 15.2. The number of hydrogen-bond acceptors (Lipinski definition) is 5. The summed E-state index contributed by atoms with van der Waals surface area (Å²) in [6, 6.07) is 8.21. The smallest absolute Gasteiger partial charge is 0.221 e. The van der Waals surface area contributed by atoms with Crippen LogP contribution in [0.25, 0.3) is 20.8 Å². The Balaban J connectivity index is 1.89. The van der Waals surface area contributed by atoms with Gasteiger partial charge >= 0.3 is 0 Å². The molecule has 0 spiro atoms. The Morgan fingerprint density at radius 3 is 2.92 bits per heavy atom. The maximum Gasteiger partial charge on any atom is 0.221 e. The quantitative estimate of drug-likeness (QED) is 0.741. The van der Waals surface area contributed by atoms with Crippen LogP contribution in [0.5, 0.6) is 0 Å². The van der Waals surface area contributed by atoms with E-state index in [1.165, 1.54) is 15.1 Å². The molecule has 0 saturated heterocycles. The maximum absolute atomic E-state index is 11.7. The molecule has 0 saturated carbocycles. The summed E-state index contributed by atoms with van der Waals surface area (Å²) in [5.41, 5.74) is 3.53. The SMILES string of the molecule is CC(=O)Nc1sc2c(c1-c1nc3ccccc3s1)CCCN(C)C2. The predicted octanol–water partition coefficient (Wildman–Crippen LogP) is 4.36. The third-order valence-corrected chi connectivity index (χ3v) is 6.45. The molecule has 1 aromatic carbocycles. The van der Waals surface area contributed by atoms with E-state index in [1.54, 1.807) is 29.6 Å². The van der Waals surface area contributed by atoms with Gasteiger partial charge in [-0.1, -0.05) is 12.1 Å². The molecule has 2 aromatic heterocycles. The summed E-state index contributed by atoms with van der Waals surface area (Å²) in [6.45, 7) is 3.62. The third-order valence-electron chi connectivity index (χ3n) is 4.27. The molecular formula is C18H19N3OS2. The lowest BCUT2D eigenvalue weighted by molar-refractivity contribution is -0.114.